The molecule has 0 atom stereocenters. The Morgan fingerprint density at radius 3 is 2.70 bits per heavy atom. The highest BCUT2D eigenvalue weighted by Gasteiger charge is 2.15. The number of hydrogen-bond acceptors (Lipinski definition) is 3. The SMILES string of the molecule is COCCNC(=O)CN(C)C(=O)c1ccc(C)c(Br)c1. The van der Waals surface area contributed by atoms with Gasteiger partial charge in [-0.05, 0) is 24.6 Å². The maximum atomic E-state index is 12.2. The van der Waals surface area contributed by atoms with Crippen molar-refractivity contribution in [2.45, 2.75) is 6.92 Å². The number of halogens is 1. The lowest BCUT2D eigenvalue weighted by Gasteiger charge is -2.17. The maximum absolute atomic E-state index is 12.2. The number of likely N-dealkylation sites (N-methyl/N-ethyl adjacent to an activating group) is 1. The van der Waals surface area contributed by atoms with Crippen molar-refractivity contribution in [3.05, 3.63) is 33.8 Å². The first-order valence-electron chi connectivity index (χ1n) is 6.23. The van der Waals surface area contributed by atoms with Crippen LogP contribution in [0, 0.1) is 6.92 Å². The molecule has 0 saturated carbocycles. The summed E-state index contributed by atoms with van der Waals surface area (Å²) in [5.74, 6) is -0.392. The van der Waals surface area contributed by atoms with E-state index in [2.05, 4.69) is 21.2 Å². The molecule has 0 bridgehead atoms. The average molecular weight is 343 g/mol. The molecular formula is C14H19BrN2O3. The van der Waals surface area contributed by atoms with Gasteiger partial charge in [0, 0.05) is 30.7 Å². The van der Waals surface area contributed by atoms with Crippen LogP contribution in [0.5, 0.6) is 0 Å². The molecule has 0 unspecified atom stereocenters. The zero-order chi connectivity index (χ0) is 15.1. The Kier molecular flexibility index (Phi) is 6.67. The summed E-state index contributed by atoms with van der Waals surface area (Å²) in [6, 6.07) is 5.38. The quantitative estimate of drug-likeness (QED) is 0.798. The van der Waals surface area contributed by atoms with Gasteiger partial charge in [-0.1, -0.05) is 22.0 Å². The molecule has 1 aromatic rings. The Morgan fingerprint density at radius 2 is 2.10 bits per heavy atom. The zero-order valence-electron chi connectivity index (χ0n) is 11.9. The minimum absolute atomic E-state index is 0.0219. The largest absolute Gasteiger partial charge is 0.383 e. The lowest BCUT2D eigenvalue weighted by Crippen LogP contribution is -2.39. The third-order valence-electron chi connectivity index (χ3n) is 2.77. The van der Waals surface area contributed by atoms with Crippen LogP contribution >= 0.6 is 15.9 Å². The molecule has 2 amide bonds. The molecule has 0 saturated heterocycles. The van der Waals surface area contributed by atoms with E-state index in [-0.39, 0.29) is 18.4 Å². The molecule has 0 aliphatic rings. The molecule has 0 aromatic heterocycles. The summed E-state index contributed by atoms with van der Waals surface area (Å²) in [4.78, 5) is 25.2. The minimum Gasteiger partial charge on any atom is -0.383 e. The number of amides is 2. The lowest BCUT2D eigenvalue weighted by molar-refractivity contribution is -0.121. The normalized spacial score (nSPS) is 10.2. The van der Waals surface area contributed by atoms with Gasteiger partial charge in [0.2, 0.25) is 5.91 Å². The summed E-state index contributed by atoms with van der Waals surface area (Å²) in [6.45, 7) is 2.86. The Labute approximate surface area is 127 Å². The van der Waals surface area contributed by atoms with Gasteiger partial charge >= 0.3 is 0 Å². The van der Waals surface area contributed by atoms with E-state index in [9.17, 15) is 9.59 Å². The number of ether oxygens (including phenoxy) is 1. The molecule has 5 nitrogen and oxygen atoms in total. The number of benzene rings is 1. The van der Waals surface area contributed by atoms with Crippen LogP contribution in [0.1, 0.15) is 15.9 Å². The number of nitrogens with zero attached hydrogens (tertiary/aromatic N) is 1. The molecule has 0 aliphatic heterocycles. The van der Waals surface area contributed by atoms with Crippen molar-refractivity contribution in [2.75, 3.05) is 33.9 Å². The van der Waals surface area contributed by atoms with E-state index in [1.54, 1.807) is 26.3 Å². The number of hydrogen-bond donors (Lipinski definition) is 1. The van der Waals surface area contributed by atoms with E-state index in [0.717, 1.165) is 10.0 Å². The second kappa shape index (κ2) is 8.01. The average Bonchev–Trinajstić information content (AvgIpc) is 2.41. The van der Waals surface area contributed by atoms with E-state index in [1.165, 1.54) is 4.90 Å². The zero-order valence-corrected chi connectivity index (χ0v) is 13.5. The monoisotopic (exact) mass is 342 g/mol. The van der Waals surface area contributed by atoms with Gasteiger partial charge in [0.15, 0.2) is 0 Å². The summed E-state index contributed by atoms with van der Waals surface area (Å²) < 4.78 is 5.71. The summed E-state index contributed by atoms with van der Waals surface area (Å²) in [6.07, 6.45) is 0. The first-order chi connectivity index (χ1) is 9.45. The number of carbonyl (C=O) groups excluding carboxylic acids is 2. The van der Waals surface area contributed by atoms with Crippen LogP contribution in [0.15, 0.2) is 22.7 Å². The van der Waals surface area contributed by atoms with Crippen molar-refractivity contribution in [3.8, 4) is 0 Å². The fourth-order valence-electron chi connectivity index (χ4n) is 1.58. The van der Waals surface area contributed by atoms with E-state index < -0.39 is 0 Å². The van der Waals surface area contributed by atoms with Crippen molar-refractivity contribution in [2.24, 2.45) is 0 Å². The van der Waals surface area contributed by atoms with Crippen LogP contribution < -0.4 is 5.32 Å². The minimum atomic E-state index is -0.205. The van der Waals surface area contributed by atoms with Gasteiger partial charge in [0.25, 0.3) is 5.91 Å². The standard InChI is InChI=1S/C14H19BrN2O3/c1-10-4-5-11(8-12(10)15)14(19)17(2)9-13(18)16-6-7-20-3/h4-5,8H,6-7,9H2,1-3H3,(H,16,18). The highest BCUT2D eigenvalue weighted by Crippen LogP contribution is 2.18. The number of carbonyl (C=O) groups is 2. The predicted octanol–water partition coefficient (Wildman–Crippen LogP) is 1.59. The van der Waals surface area contributed by atoms with Crippen LogP contribution in [0.2, 0.25) is 0 Å². The highest BCUT2D eigenvalue weighted by molar-refractivity contribution is 9.10. The Balaban J connectivity index is 2.58. The van der Waals surface area contributed by atoms with Gasteiger partial charge < -0.3 is 15.0 Å². The molecule has 0 spiro atoms. The molecule has 1 N–H and O–H groups in total. The predicted molar refractivity (Wildman–Crippen MR) is 80.7 cm³/mol. The molecule has 0 radical (unpaired) electrons. The van der Waals surface area contributed by atoms with Crippen molar-refractivity contribution in [3.63, 3.8) is 0 Å². The topological polar surface area (TPSA) is 58.6 Å². The van der Waals surface area contributed by atoms with Crippen molar-refractivity contribution < 1.29 is 14.3 Å². The fraction of sp³-hybridized carbons (Fsp3) is 0.429. The van der Waals surface area contributed by atoms with Crippen LogP contribution in [0.25, 0.3) is 0 Å². The second-order valence-electron chi connectivity index (χ2n) is 4.47. The molecule has 0 aliphatic carbocycles. The van der Waals surface area contributed by atoms with Crippen molar-refractivity contribution in [1.82, 2.24) is 10.2 Å². The number of nitrogens with one attached hydrogen (secondary N) is 1. The first-order valence-corrected chi connectivity index (χ1v) is 7.02. The Morgan fingerprint density at radius 1 is 1.40 bits per heavy atom. The third-order valence-corrected chi connectivity index (χ3v) is 3.63. The van der Waals surface area contributed by atoms with E-state index in [1.807, 2.05) is 13.0 Å². The molecular weight excluding hydrogens is 324 g/mol. The van der Waals surface area contributed by atoms with Gasteiger partial charge in [-0.2, -0.15) is 0 Å². The lowest BCUT2D eigenvalue weighted by atomic mass is 10.1. The van der Waals surface area contributed by atoms with Gasteiger partial charge in [-0.15, -0.1) is 0 Å². The Hall–Kier alpha value is -1.40. The van der Waals surface area contributed by atoms with Gasteiger partial charge in [0.05, 0.1) is 13.2 Å². The molecule has 110 valence electrons. The number of rotatable bonds is 6. The smallest absolute Gasteiger partial charge is 0.254 e. The van der Waals surface area contributed by atoms with Crippen LogP contribution in [0.4, 0.5) is 0 Å². The van der Waals surface area contributed by atoms with Crippen LogP contribution in [-0.2, 0) is 9.53 Å². The third kappa shape index (κ3) is 4.94. The Bertz CT molecular complexity index is 491. The maximum Gasteiger partial charge on any atom is 0.254 e. The first kappa shape index (κ1) is 16.7. The molecule has 1 rings (SSSR count). The molecule has 20 heavy (non-hydrogen) atoms. The molecule has 1 aromatic carbocycles. The van der Waals surface area contributed by atoms with Crippen molar-refractivity contribution in [1.29, 1.82) is 0 Å². The van der Waals surface area contributed by atoms with Crippen molar-refractivity contribution >= 4 is 27.7 Å². The highest BCUT2D eigenvalue weighted by atomic mass is 79.9. The van der Waals surface area contributed by atoms with Crippen LogP contribution in [-0.4, -0.2) is 50.6 Å². The summed E-state index contributed by atoms with van der Waals surface area (Å²) >= 11 is 3.39. The summed E-state index contributed by atoms with van der Waals surface area (Å²) in [5, 5.41) is 2.67. The van der Waals surface area contributed by atoms with Gasteiger partial charge in [0.1, 0.15) is 0 Å². The second-order valence-corrected chi connectivity index (χ2v) is 5.32. The molecule has 6 heteroatoms. The van der Waals surface area contributed by atoms with E-state index >= 15 is 0 Å². The molecule has 0 fully saturated rings. The van der Waals surface area contributed by atoms with Gasteiger partial charge in [-0.3, -0.25) is 9.59 Å². The van der Waals surface area contributed by atoms with Gasteiger partial charge in [-0.25, -0.2) is 0 Å². The summed E-state index contributed by atoms with van der Waals surface area (Å²) in [7, 11) is 3.17. The van der Waals surface area contributed by atoms with E-state index in [0.29, 0.717) is 18.7 Å². The van der Waals surface area contributed by atoms with Crippen LogP contribution in [0.3, 0.4) is 0 Å². The number of aryl methyl sites for hydroxylation is 1. The number of methoxy groups -OCH3 is 1. The summed E-state index contributed by atoms with van der Waals surface area (Å²) in [5.41, 5.74) is 1.61. The van der Waals surface area contributed by atoms with E-state index in [4.69, 9.17) is 4.74 Å². The fourth-order valence-corrected chi connectivity index (χ4v) is 1.96. The molecule has 0 heterocycles.